The minimum absolute atomic E-state index is 0.384. The zero-order chi connectivity index (χ0) is 12.7. The van der Waals surface area contributed by atoms with Gasteiger partial charge in [-0.25, -0.2) is 4.79 Å². The summed E-state index contributed by atoms with van der Waals surface area (Å²) in [5.41, 5.74) is -0.505. The van der Waals surface area contributed by atoms with Crippen molar-refractivity contribution in [2.45, 2.75) is 18.4 Å². The Morgan fingerprint density at radius 2 is 1.94 bits per heavy atom. The highest BCUT2D eigenvalue weighted by Crippen LogP contribution is 2.30. The first-order valence-electron chi connectivity index (χ1n) is 5.50. The molecule has 2 fully saturated rings. The maximum absolute atomic E-state index is 11.9. The smallest absolute Gasteiger partial charge is 0.407 e. The number of piperidine rings is 1. The second-order valence-electron chi connectivity index (χ2n) is 4.62. The van der Waals surface area contributed by atoms with Crippen LogP contribution in [0.15, 0.2) is 0 Å². The van der Waals surface area contributed by atoms with Crippen LogP contribution >= 0.6 is 0 Å². The second kappa shape index (κ2) is 4.11. The fourth-order valence-corrected chi connectivity index (χ4v) is 3.24. The molecule has 2 saturated heterocycles. The van der Waals surface area contributed by atoms with Crippen LogP contribution in [0.3, 0.4) is 0 Å². The quantitative estimate of drug-likeness (QED) is 0.719. The Hall–Kier alpha value is -0.860. The van der Waals surface area contributed by atoms with Gasteiger partial charge in [-0.2, -0.15) is 17.0 Å². The van der Waals surface area contributed by atoms with Crippen molar-refractivity contribution in [1.82, 2.24) is 13.9 Å². The number of ether oxygens (including phenoxy) is 1. The molecule has 0 aromatic heterocycles. The number of rotatable bonds is 2. The van der Waals surface area contributed by atoms with Gasteiger partial charge in [0.15, 0.2) is 0 Å². The Morgan fingerprint density at radius 1 is 1.35 bits per heavy atom. The van der Waals surface area contributed by atoms with Gasteiger partial charge in [0.2, 0.25) is 0 Å². The minimum atomic E-state index is -3.35. The number of amides is 1. The summed E-state index contributed by atoms with van der Waals surface area (Å²) in [6.45, 7) is 1.24. The SMILES string of the molecule is CN(C)S(=O)(=O)N1CCC2(CC1)CNC(=O)O2. The van der Waals surface area contributed by atoms with Crippen LogP contribution in [0.5, 0.6) is 0 Å². The van der Waals surface area contributed by atoms with Gasteiger partial charge in [-0.1, -0.05) is 0 Å². The molecule has 2 rings (SSSR count). The Bertz CT molecular complexity index is 412. The van der Waals surface area contributed by atoms with Crippen molar-refractivity contribution in [2.24, 2.45) is 0 Å². The minimum Gasteiger partial charge on any atom is -0.441 e. The monoisotopic (exact) mass is 263 g/mol. The molecule has 1 N–H and O–H groups in total. The molecule has 17 heavy (non-hydrogen) atoms. The number of carbonyl (C=O) groups is 1. The Balaban J connectivity index is 2.02. The number of hydrogen-bond donors (Lipinski definition) is 1. The second-order valence-corrected chi connectivity index (χ2v) is 6.76. The van der Waals surface area contributed by atoms with Crippen LogP contribution in [0.1, 0.15) is 12.8 Å². The highest BCUT2D eigenvalue weighted by atomic mass is 32.2. The van der Waals surface area contributed by atoms with Crippen LogP contribution in [-0.4, -0.2) is 62.5 Å². The third kappa shape index (κ3) is 2.24. The first kappa shape index (κ1) is 12.6. The fourth-order valence-electron chi connectivity index (χ4n) is 2.14. The molecule has 0 bridgehead atoms. The lowest BCUT2D eigenvalue weighted by molar-refractivity contribution is 0.0165. The number of alkyl carbamates (subject to hydrolysis) is 1. The number of hydrogen-bond acceptors (Lipinski definition) is 4. The molecule has 1 amide bonds. The van der Waals surface area contributed by atoms with Crippen molar-refractivity contribution in [3.8, 4) is 0 Å². The predicted octanol–water partition coefficient (Wildman–Crippen LogP) is -0.633. The summed E-state index contributed by atoms with van der Waals surface area (Å²) in [6, 6.07) is 0. The van der Waals surface area contributed by atoms with E-state index in [0.29, 0.717) is 32.5 Å². The lowest BCUT2D eigenvalue weighted by Crippen LogP contribution is -2.51. The van der Waals surface area contributed by atoms with Crippen LogP contribution in [0.2, 0.25) is 0 Å². The van der Waals surface area contributed by atoms with E-state index in [1.807, 2.05) is 0 Å². The van der Waals surface area contributed by atoms with Gasteiger partial charge in [0.1, 0.15) is 5.60 Å². The van der Waals surface area contributed by atoms with Crippen LogP contribution < -0.4 is 5.32 Å². The maximum atomic E-state index is 11.9. The Kier molecular flexibility index (Phi) is 3.04. The number of carbonyl (C=O) groups excluding carboxylic acids is 1. The van der Waals surface area contributed by atoms with Gasteiger partial charge < -0.3 is 10.1 Å². The molecule has 0 aromatic carbocycles. The zero-order valence-electron chi connectivity index (χ0n) is 9.97. The topological polar surface area (TPSA) is 79.0 Å². The van der Waals surface area contributed by atoms with E-state index in [9.17, 15) is 13.2 Å². The van der Waals surface area contributed by atoms with Gasteiger partial charge in [0, 0.05) is 40.0 Å². The molecular formula is C9H17N3O4S. The van der Waals surface area contributed by atoms with Gasteiger partial charge in [-0.15, -0.1) is 0 Å². The first-order chi connectivity index (χ1) is 7.86. The summed E-state index contributed by atoms with van der Waals surface area (Å²) in [5.74, 6) is 0. The van der Waals surface area contributed by atoms with E-state index in [1.165, 1.54) is 22.7 Å². The maximum Gasteiger partial charge on any atom is 0.407 e. The van der Waals surface area contributed by atoms with E-state index in [4.69, 9.17) is 4.74 Å². The summed E-state index contributed by atoms with van der Waals surface area (Å²) in [7, 11) is -0.332. The Morgan fingerprint density at radius 3 is 2.35 bits per heavy atom. The molecule has 0 unspecified atom stereocenters. The summed E-state index contributed by atoms with van der Waals surface area (Å²) >= 11 is 0. The molecule has 1 spiro atoms. The van der Waals surface area contributed by atoms with Gasteiger partial charge >= 0.3 is 6.09 Å². The van der Waals surface area contributed by atoms with Gasteiger partial charge in [-0.3, -0.25) is 0 Å². The molecule has 8 heteroatoms. The predicted molar refractivity (Wildman–Crippen MR) is 60.6 cm³/mol. The van der Waals surface area contributed by atoms with Crippen molar-refractivity contribution in [3.05, 3.63) is 0 Å². The third-order valence-electron chi connectivity index (χ3n) is 3.29. The molecule has 98 valence electrons. The van der Waals surface area contributed by atoms with E-state index >= 15 is 0 Å². The van der Waals surface area contributed by atoms with Crippen LogP contribution in [0.25, 0.3) is 0 Å². The number of nitrogens with one attached hydrogen (secondary N) is 1. The molecule has 0 aromatic rings. The lowest BCUT2D eigenvalue weighted by Gasteiger charge is -2.37. The number of nitrogens with zero attached hydrogens (tertiary/aromatic N) is 2. The average Bonchev–Trinajstić information content (AvgIpc) is 2.60. The highest BCUT2D eigenvalue weighted by molar-refractivity contribution is 7.86. The van der Waals surface area contributed by atoms with E-state index < -0.39 is 21.9 Å². The van der Waals surface area contributed by atoms with E-state index in [0.717, 1.165) is 0 Å². The van der Waals surface area contributed by atoms with Crippen molar-refractivity contribution in [1.29, 1.82) is 0 Å². The highest BCUT2D eigenvalue weighted by Gasteiger charge is 2.45. The molecule has 0 saturated carbocycles. The van der Waals surface area contributed by atoms with Crippen LogP contribution in [0, 0.1) is 0 Å². The van der Waals surface area contributed by atoms with Gasteiger partial charge in [-0.05, 0) is 0 Å². The summed E-state index contributed by atoms with van der Waals surface area (Å²) in [4.78, 5) is 11.0. The summed E-state index contributed by atoms with van der Waals surface area (Å²) in [6.07, 6.45) is 0.673. The first-order valence-corrected chi connectivity index (χ1v) is 6.90. The van der Waals surface area contributed by atoms with Crippen molar-refractivity contribution in [3.63, 3.8) is 0 Å². The molecular weight excluding hydrogens is 246 g/mol. The Labute approximate surface area is 101 Å². The van der Waals surface area contributed by atoms with Crippen LogP contribution in [0.4, 0.5) is 4.79 Å². The normalized spacial score (nSPS) is 25.0. The molecule has 0 aliphatic carbocycles. The molecule has 2 aliphatic rings. The van der Waals surface area contributed by atoms with Crippen molar-refractivity contribution in [2.75, 3.05) is 33.7 Å². The van der Waals surface area contributed by atoms with Crippen molar-refractivity contribution < 1.29 is 17.9 Å². The van der Waals surface area contributed by atoms with Gasteiger partial charge in [0.25, 0.3) is 10.2 Å². The third-order valence-corrected chi connectivity index (χ3v) is 5.23. The average molecular weight is 263 g/mol. The molecule has 7 nitrogen and oxygen atoms in total. The van der Waals surface area contributed by atoms with Crippen LogP contribution in [-0.2, 0) is 14.9 Å². The van der Waals surface area contributed by atoms with Crippen molar-refractivity contribution >= 4 is 16.3 Å². The molecule has 2 aliphatic heterocycles. The molecule has 2 heterocycles. The van der Waals surface area contributed by atoms with E-state index in [-0.39, 0.29) is 0 Å². The fraction of sp³-hybridized carbons (Fsp3) is 0.889. The van der Waals surface area contributed by atoms with E-state index in [2.05, 4.69) is 5.32 Å². The van der Waals surface area contributed by atoms with Gasteiger partial charge in [0.05, 0.1) is 6.54 Å². The summed E-state index contributed by atoms with van der Waals surface area (Å²) < 4.78 is 31.6. The molecule has 0 atom stereocenters. The summed E-state index contributed by atoms with van der Waals surface area (Å²) in [5, 5.41) is 2.62. The van der Waals surface area contributed by atoms with E-state index in [1.54, 1.807) is 0 Å². The molecule has 0 radical (unpaired) electrons. The largest absolute Gasteiger partial charge is 0.441 e. The zero-order valence-corrected chi connectivity index (χ0v) is 10.8. The standard InChI is InChI=1S/C9H17N3O4S/c1-11(2)17(14,15)12-5-3-9(4-6-12)7-10-8(13)16-9/h3-7H2,1-2H3,(H,10,13). The lowest BCUT2D eigenvalue weighted by atomic mass is 9.93.